The van der Waals surface area contributed by atoms with Crippen LogP contribution in [0.5, 0.6) is 0 Å². The summed E-state index contributed by atoms with van der Waals surface area (Å²) in [5.41, 5.74) is 4.73. The van der Waals surface area contributed by atoms with Crippen LogP contribution in [0.3, 0.4) is 0 Å². The van der Waals surface area contributed by atoms with Gasteiger partial charge < -0.3 is 10.6 Å². The number of amides is 1. The van der Waals surface area contributed by atoms with Crippen LogP contribution in [0.1, 0.15) is 17.7 Å². The minimum atomic E-state index is -4.54. The predicted octanol–water partition coefficient (Wildman–Crippen LogP) is 1.48. The first-order chi connectivity index (χ1) is 9.66. The van der Waals surface area contributed by atoms with Crippen LogP contribution in [0.25, 0.3) is 0 Å². The van der Waals surface area contributed by atoms with Gasteiger partial charge in [-0.15, -0.1) is 0 Å². The van der Waals surface area contributed by atoms with Crippen LogP contribution in [-0.2, 0) is 24.6 Å². The molecule has 5 nitrogen and oxygen atoms in total. The topological polar surface area (TPSA) is 64.2 Å². The van der Waals surface area contributed by atoms with Gasteiger partial charge in [0.25, 0.3) is 0 Å². The fraction of sp³-hybridized carbons (Fsp3) is 0.667. The van der Waals surface area contributed by atoms with Crippen LogP contribution in [0, 0.1) is 0 Å². The van der Waals surface area contributed by atoms with Crippen LogP contribution in [0.15, 0.2) is 6.20 Å². The Balaban J connectivity index is 2.79. The maximum Gasteiger partial charge on any atom is 0.435 e. The Hall–Kier alpha value is -1.22. The second-order valence-electron chi connectivity index (χ2n) is 4.76. The standard InChI is InChI=1S/C12H19F3N4OS/c1-18(11(20)9(16)4-5-21-3)6-8-7-19(2)17-10(8)12(13,14)15/h7,9H,4-6,16H2,1-3H3. The number of hydrogen-bond donors (Lipinski definition) is 1. The number of likely N-dealkylation sites (N-methyl/N-ethyl adjacent to an activating group) is 1. The summed E-state index contributed by atoms with van der Waals surface area (Å²) in [6.45, 7) is -0.172. The third-order valence-corrected chi connectivity index (χ3v) is 3.55. The highest BCUT2D eigenvalue weighted by molar-refractivity contribution is 7.98. The summed E-state index contributed by atoms with van der Waals surface area (Å²) in [4.78, 5) is 13.2. The molecule has 1 aromatic rings. The van der Waals surface area contributed by atoms with E-state index >= 15 is 0 Å². The molecule has 21 heavy (non-hydrogen) atoms. The molecule has 2 N–H and O–H groups in total. The maximum absolute atomic E-state index is 12.8. The molecule has 0 spiro atoms. The summed E-state index contributed by atoms with van der Waals surface area (Å²) in [6.07, 6.45) is -0.892. The van der Waals surface area contributed by atoms with Gasteiger partial charge in [0.2, 0.25) is 5.91 Å². The van der Waals surface area contributed by atoms with Crippen molar-refractivity contribution < 1.29 is 18.0 Å². The van der Waals surface area contributed by atoms with Gasteiger partial charge in [0.05, 0.1) is 6.04 Å². The second-order valence-corrected chi connectivity index (χ2v) is 5.74. The van der Waals surface area contributed by atoms with E-state index in [4.69, 9.17) is 5.73 Å². The second kappa shape index (κ2) is 7.17. The van der Waals surface area contributed by atoms with Crippen molar-refractivity contribution in [2.24, 2.45) is 12.8 Å². The normalized spacial score (nSPS) is 13.3. The Morgan fingerprint density at radius 1 is 1.57 bits per heavy atom. The number of carbonyl (C=O) groups is 1. The number of halogens is 3. The van der Waals surface area contributed by atoms with Gasteiger partial charge in [0, 0.05) is 32.4 Å². The lowest BCUT2D eigenvalue weighted by atomic mass is 10.2. The molecule has 0 aliphatic heterocycles. The molecule has 1 amide bonds. The summed E-state index contributed by atoms with van der Waals surface area (Å²) in [7, 11) is 2.85. The molecule has 0 saturated heterocycles. The monoisotopic (exact) mass is 324 g/mol. The van der Waals surface area contributed by atoms with Gasteiger partial charge in [0.1, 0.15) is 0 Å². The van der Waals surface area contributed by atoms with E-state index in [0.717, 1.165) is 10.4 Å². The van der Waals surface area contributed by atoms with Crippen LogP contribution in [0.4, 0.5) is 13.2 Å². The lowest BCUT2D eigenvalue weighted by Crippen LogP contribution is -2.41. The summed E-state index contributed by atoms with van der Waals surface area (Å²) < 4.78 is 39.6. The minimum Gasteiger partial charge on any atom is -0.340 e. The molecule has 0 aromatic carbocycles. The molecule has 0 aliphatic rings. The Morgan fingerprint density at radius 2 is 2.19 bits per heavy atom. The van der Waals surface area contributed by atoms with E-state index in [1.807, 2.05) is 6.26 Å². The van der Waals surface area contributed by atoms with Gasteiger partial charge in [-0.25, -0.2) is 0 Å². The van der Waals surface area contributed by atoms with Crippen LogP contribution >= 0.6 is 11.8 Å². The summed E-state index contributed by atoms with van der Waals surface area (Å²) in [5, 5.41) is 3.41. The number of rotatable bonds is 6. The van der Waals surface area contributed by atoms with Gasteiger partial charge >= 0.3 is 6.18 Å². The molecule has 9 heteroatoms. The SMILES string of the molecule is CSCCC(N)C(=O)N(C)Cc1cn(C)nc1C(F)(F)F. The molecule has 0 fully saturated rings. The Kier molecular flexibility index (Phi) is 6.09. The molecule has 120 valence electrons. The van der Waals surface area contributed by atoms with Crippen molar-refractivity contribution >= 4 is 17.7 Å². The molecule has 1 unspecified atom stereocenters. The van der Waals surface area contributed by atoms with E-state index in [0.29, 0.717) is 6.42 Å². The maximum atomic E-state index is 12.8. The molecular formula is C12H19F3N4OS. The van der Waals surface area contributed by atoms with E-state index in [2.05, 4.69) is 5.10 Å². The summed E-state index contributed by atoms with van der Waals surface area (Å²) >= 11 is 1.56. The zero-order valence-corrected chi connectivity index (χ0v) is 13.0. The molecule has 0 bridgehead atoms. The Labute approximate surface area is 125 Å². The van der Waals surface area contributed by atoms with Gasteiger partial charge in [-0.3, -0.25) is 9.48 Å². The van der Waals surface area contributed by atoms with E-state index in [1.165, 1.54) is 25.2 Å². The van der Waals surface area contributed by atoms with E-state index in [-0.39, 0.29) is 18.0 Å². The number of carbonyl (C=O) groups excluding carboxylic acids is 1. The fourth-order valence-corrected chi connectivity index (χ4v) is 2.37. The number of aryl methyl sites for hydroxylation is 1. The summed E-state index contributed by atoms with van der Waals surface area (Å²) in [6, 6.07) is -0.701. The number of nitrogens with zero attached hydrogens (tertiary/aromatic N) is 3. The molecule has 0 saturated carbocycles. The molecule has 1 rings (SSSR count). The van der Waals surface area contributed by atoms with Crippen LogP contribution in [0.2, 0.25) is 0 Å². The Bertz CT molecular complexity index is 489. The first kappa shape index (κ1) is 17.8. The number of alkyl halides is 3. The van der Waals surface area contributed by atoms with Crippen molar-refractivity contribution in [1.29, 1.82) is 0 Å². The first-order valence-electron chi connectivity index (χ1n) is 6.26. The van der Waals surface area contributed by atoms with Crippen molar-refractivity contribution in [3.05, 3.63) is 17.5 Å². The zero-order valence-electron chi connectivity index (χ0n) is 12.1. The van der Waals surface area contributed by atoms with E-state index < -0.39 is 17.9 Å². The fourth-order valence-electron chi connectivity index (χ4n) is 1.88. The quantitative estimate of drug-likeness (QED) is 0.861. The highest BCUT2D eigenvalue weighted by Crippen LogP contribution is 2.31. The number of nitrogens with two attached hydrogens (primary N) is 1. The van der Waals surface area contributed by atoms with Crippen molar-refractivity contribution in [3.63, 3.8) is 0 Å². The first-order valence-corrected chi connectivity index (χ1v) is 7.65. The van der Waals surface area contributed by atoms with Gasteiger partial charge in [0.15, 0.2) is 5.69 Å². The number of aromatic nitrogens is 2. The van der Waals surface area contributed by atoms with Crippen molar-refractivity contribution in [1.82, 2.24) is 14.7 Å². The lowest BCUT2D eigenvalue weighted by molar-refractivity contribution is -0.143. The van der Waals surface area contributed by atoms with Gasteiger partial charge in [-0.2, -0.15) is 30.0 Å². The third kappa shape index (κ3) is 4.92. The van der Waals surface area contributed by atoms with Crippen molar-refractivity contribution in [2.45, 2.75) is 25.2 Å². The number of hydrogen-bond acceptors (Lipinski definition) is 4. The van der Waals surface area contributed by atoms with Crippen molar-refractivity contribution in [2.75, 3.05) is 19.1 Å². The van der Waals surface area contributed by atoms with E-state index in [1.54, 1.807) is 11.8 Å². The molecule has 1 heterocycles. The smallest absolute Gasteiger partial charge is 0.340 e. The van der Waals surface area contributed by atoms with Crippen LogP contribution < -0.4 is 5.73 Å². The summed E-state index contributed by atoms with van der Waals surface area (Å²) in [5.74, 6) is 0.350. The molecule has 0 aliphatic carbocycles. The van der Waals surface area contributed by atoms with Gasteiger partial charge in [-0.05, 0) is 18.4 Å². The largest absolute Gasteiger partial charge is 0.435 e. The lowest BCUT2D eigenvalue weighted by Gasteiger charge is -2.21. The third-order valence-electron chi connectivity index (χ3n) is 2.91. The molecule has 1 atom stereocenters. The van der Waals surface area contributed by atoms with Gasteiger partial charge in [-0.1, -0.05) is 0 Å². The molecule has 1 aromatic heterocycles. The molecule has 0 radical (unpaired) electrons. The molecular weight excluding hydrogens is 305 g/mol. The Morgan fingerprint density at radius 3 is 2.71 bits per heavy atom. The van der Waals surface area contributed by atoms with Crippen molar-refractivity contribution in [3.8, 4) is 0 Å². The highest BCUT2D eigenvalue weighted by atomic mass is 32.2. The minimum absolute atomic E-state index is 0.0436. The predicted molar refractivity (Wildman–Crippen MR) is 75.7 cm³/mol. The number of thioether (sulfide) groups is 1. The average molecular weight is 324 g/mol. The van der Waals surface area contributed by atoms with E-state index in [9.17, 15) is 18.0 Å². The highest BCUT2D eigenvalue weighted by Gasteiger charge is 2.37. The average Bonchev–Trinajstić information content (AvgIpc) is 2.75. The zero-order chi connectivity index (χ0) is 16.2. The van der Waals surface area contributed by atoms with Crippen LogP contribution in [-0.4, -0.2) is 45.7 Å².